The molecule has 0 radical (unpaired) electrons. The Morgan fingerprint density at radius 1 is 0.197 bits per heavy atom. The molecule has 12 N–H and O–H groups in total. The van der Waals surface area contributed by atoms with Crippen LogP contribution in [-0.4, -0.2) is 198 Å². The van der Waals surface area contributed by atoms with Gasteiger partial charge in [-0.1, -0.05) is 286 Å². The molecule has 132 heavy (non-hydrogen) atoms. The molecule has 0 bridgehead atoms. The summed E-state index contributed by atoms with van der Waals surface area (Å²) in [6, 6.07) is 34.7. The Labute approximate surface area is 801 Å². The number of aryl methyl sites for hydroxylation is 4. The Hall–Kier alpha value is -9.13. The SMILES string of the molecule is CCCCCNC(=O)C(=O)NCCCCC.CCCCCNC(=O)NCCCCC.CCCCNC(=O)C(=O)NCCCC.CCCNC(=O)C(=O)NCCC.CCCNC(=O)NCCNC(=O)NCCC.CCCOCCOCCC.CCCOCCOCCOCCC.CCCc1ccc(Cc2ccc(CCC)cc2)cc1.CCc1ccc(C#Cc2ccc(CC)cc2)cc1. The first-order valence-electron chi connectivity index (χ1n) is 50.6. The molecule has 0 aliphatic carbocycles. The van der Waals surface area contributed by atoms with Crippen LogP contribution in [0.4, 0.5) is 14.4 Å². The summed E-state index contributed by atoms with van der Waals surface area (Å²) in [5.74, 6) is 3.27. The number of urea groups is 3. The Kier molecular flexibility index (Phi) is 105. The van der Waals surface area contributed by atoms with Crippen molar-refractivity contribution in [2.45, 2.75) is 324 Å². The lowest BCUT2D eigenvalue weighted by atomic mass is 10.0. The highest BCUT2D eigenvalue weighted by Gasteiger charge is 2.14. The number of benzene rings is 4. The normalized spacial score (nSPS) is 9.89. The summed E-state index contributed by atoms with van der Waals surface area (Å²) < 4.78 is 26.2. The van der Waals surface area contributed by atoms with Gasteiger partial charge in [0.15, 0.2) is 0 Å². The minimum atomic E-state index is -0.537. The summed E-state index contributed by atoms with van der Waals surface area (Å²) in [6.45, 7) is 52.4. The van der Waals surface area contributed by atoms with Crippen molar-refractivity contribution in [1.29, 1.82) is 0 Å². The molecule has 0 saturated carbocycles. The van der Waals surface area contributed by atoms with Crippen molar-refractivity contribution in [3.8, 4) is 11.8 Å². The second-order valence-corrected chi connectivity index (χ2v) is 31.3. The largest absolute Gasteiger partial charge is 0.379 e. The van der Waals surface area contributed by atoms with Gasteiger partial charge in [-0.15, -0.1) is 0 Å². The molecule has 0 saturated heterocycles. The van der Waals surface area contributed by atoms with Crippen LogP contribution < -0.4 is 63.8 Å². The fraction of sp³-hybridized carbons (Fsp3) is 0.670. The number of amides is 12. The summed E-state index contributed by atoms with van der Waals surface area (Å²) in [6.07, 6.45) is 32.9. The monoisotopic (exact) mass is 1850 g/mol. The summed E-state index contributed by atoms with van der Waals surface area (Å²) in [5.41, 5.74) is 10.6. The van der Waals surface area contributed by atoms with Crippen LogP contribution in [0.2, 0.25) is 0 Å². The third-order valence-electron chi connectivity index (χ3n) is 18.5. The second kappa shape index (κ2) is 106. The first kappa shape index (κ1) is 131. The van der Waals surface area contributed by atoms with Gasteiger partial charge in [0, 0.05) is 116 Å². The van der Waals surface area contributed by atoms with E-state index in [9.17, 15) is 43.2 Å². The lowest BCUT2D eigenvalue weighted by Gasteiger charge is -2.08. The maximum atomic E-state index is 11.2. The highest BCUT2D eigenvalue weighted by molar-refractivity contribution is 6.35. The van der Waals surface area contributed by atoms with Gasteiger partial charge in [0.2, 0.25) is 0 Å². The van der Waals surface area contributed by atoms with Gasteiger partial charge in [-0.3, -0.25) is 28.8 Å². The van der Waals surface area contributed by atoms with Crippen LogP contribution in [0.1, 0.15) is 336 Å². The molecule has 0 spiro atoms. The molecule has 0 aliphatic heterocycles. The zero-order valence-electron chi connectivity index (χ0n) is 85.9. The molecule has 26 heteroatoms. The fourth-order valence-corrected chi connectivity index (χ4v) is 10.7. The number of ether oxygens (including phenoxy) is 5. The van der Waals surface area contributed by atoms with E-state index in [2.05, 4.69) is 256 Å². The van der Waals surface area contributed by atoms with Crippen molar-refractivity contribution in [3.63, 3.8) is 0 Å². The minimum Gasteiger partial charge on any atom is -0.379 e. The van der Waals surface area contributed by atoms with Gasteiger partial charge in [-0.25, -0.2) is 14.4 Å². The molecule has 26 nitrogen and oxygen atoms in total. The van der Waals surface area contributed by atoms with E-state index in [0.717, 1.165) is 212 Å². The Balaban J connectivity index is -0.000000461. The van der Waals surface area contributed by atoms with E-state index in [1.54, 1.807) is 0 Å². The number of rotatable bonds is 58. The van der Waals surface area contributed by atoms with E-state index in [1.807, 2.05) is 41.5 Å². The smallest absolute Gasteiger partial charge is 0.314 e. The number of nitrogens with one attached hydrogen (secondary N) is 12. The maximum absolute atomic E-state index is 11.2. The molecule has 4 rings (SSSR count). The molecule has 12 amide bonds. The van der Waals surface area contributed by atoms with Crippen LogP contribution in [0.3, 0.4) is 0 Å². The number of carbonyl (C=O) groups is 9. The number of unbranched alkanes of at least 4 members (excludes halogenated alkanes) is 10. The standard InChI is InChI=1S/C19H24.C18H18.C12H24N2O2.C11H24N2O.C10H22N4O2.C10H20N2O2.C10H22O3.C8H16N2O2.C8H18O2/c1-3-5-16-7-11-18(12-8-16)15-19-13-9-17(6-4-2)10-14-19;1-3-15-5-9-17(10-6-15)13-14-18-11-7-16(4-2)8-12-18;1-3-5-7-9-13-11(15)12(16)14-10-8-6-4-2;1-3-5-7-9-12-11(14)13-10-8-6-4-2;1-3-5-11-9(15)13-7-8-14-10(16)12-6-4-2;1-3-5-7-11-9(13)10(14)12-8-6-4-2;1-3-5-11-7-9-13-10-8-12-6-4-2;1-3-5-9-7(11)8(12)10-6-4-2;1-3-5-9-7-8-10-6-4-2/h7-14H,3-6,15H2,1-2H3;5-12H,3-4H2,1-2H3;3-10H2,1-2H3,(H,13,15)(H,14,16);3-10H2,1-2H3,(H2,12,13,14);3-8H2,1-2H3,(H2,11,13,15)(H2,12,14,16);3-8H2,1-2H3,(H,11,13)(H,12,14);3-10H2,1-2H3;3-6H2,1-2H3,(H,9,11)(H,10,12);3-8H2,1-2H3. The molecular formula is C106H188N12O14. The lowest BCUT2D eigenvalue weighted by molar-refractivity contribution is -0.139. The van der Waals surface area contributed by atoms with Crippen molar-refractivity contribution < 1.29 is 66.8 Å². The first-order valence-corrected chi connectivity index (χ1v) is 50.6. The minimum absolute atomic E-state index is 0.0165. The predicted molar refractivity (Wildman–Crippen MR) is 548 cm³/mol. The van der Waals surface area contributed by atoms with Crippen molar-refractivity contribution >= 4 is 53.5 Å². The molecule has 0 fully saturated rings. The third-order valence-corrected chi connectivity index (χ3v) is 18.5. The Morgan fingerprint density at radius 3 is 0.636 bits per heavy atom. The summed E-state index contributed by atoms with van der Waals surface area (Å²) in [4.78, 5) is 99.7. The molecule has 4 aromatic carbocycles. The van der Waals surface area contributed by atoms with E-state index < -0.39 is 35.4 Å². The van der Waals surface area contributed by atoms with E-state index in [0.29, 0.717) is 91.9 Å². The highest BCUT2D eigenvalue weighted by atomic mass is 16.5. The van der Waals surface area contributed by atoms with Crippen LogP contribution in [0.5, 0.6) is 0 Å². The first-order chi connectivity index (χ1) is 64.1. The summed E-state index contributed by atoms with van der Waals surface area (Å²) in [5, 5.41) is 31.6. The lowest BCUT2D eigenvalue weighted by Crippen LogP contribution is -2.43. The molecule has 4 aromatic rings. The molecular weight excluding hydrogens is 1670 g/mol. The van der Waals surface area contributed by atoms with Crippen LogP contribution in [0.15, 0.2) is 97.1 Å². The molecule has 756 valence electrons. The zero-order chi connectivity index (χ0) is 99.0. The predicted octanol–water partition coefficient (Wildman–Crippen LogP) is 18.6. The van der Waals surface area contributed by atoms with E-state index in [4.69, 9.17) is 23.7 Å². The average molecular weight is 1850 g/mol. The highest BCUT2D eigenvalue weighted by Crippen LogP contribution is 2.15. The molecule has 0 aromatic heterocycles. The van der Waals surface area contributed by atoms with Gasteiger partial charge in [-0.2, -0.15) is 0 Å². The van der Waals surface area contributed by atoms with E-state index in [-0.39, 0.29) is 18.1 Å². The van der Waals surface area contributed by atoms with Gasteiger partial charge in [0.05, 0.1) is 39.6 Å². The quantitative estimate of drug-likeness (QED) is 0.0111. The van der Waals surface area contributed by atoms with Crippen molar-refractivity contribution in [1.82, 2.24) is 63.8 Å². The van der Waals surface area contributed by atoms with Gasteiger partial charge in [-0.05, 0) is 180 Å². The van der Waals surface area contributed by atoms with Crippen LogP contribution >= 0.6 is 0 Å². The number of hydrogen-bond donors (Lipinski definition) is 12. The van der Waals surface area contributed by atoms with E-state index in [1.165, 1.54) is 84.7 Å². The van der Waals surface area contributed by atoms with Crippen LogP contribution in [0.25, 0.3) is 0 Å². The third kappa shape index (κ3) is 94.1. The van der Waals surface area contributed by atoms with Gasteiger partial charge in [0.25, 0.3) is 0 Å². The van der Waals surface area contributed by atoms with Gasteiger partial charge >= 0.3 is 53.5 Å². The second-order valence-electron chi connectivity index (χ2n) is 31.3. The number of hydrogen-bond acceptors (Lipinski definition) is 14. The molecule has 0 heterocycles. The van der Waals surface area contributed by atoms with Crippen molar-refractivity contribution in [2.24, 2.45) is 0 Å². The zero-order valence-corrected chi connectivity index (χ0v) is 85.9. The molecule has 0 aliphatic rings. The molecule has 0 atom stereocenters. The fourth-order valence-electron chi connectivity index (χ4n) is 10.7. The van der Waals surface area contributed by atoms with Crippen molar-refractivity contribution in [2.75, 3.05) is 145 Å². The maximum Gasteiger partial charge on any atom is 0.314 e. The van der Waals surface area contributed by atoms with Crippen LogP contribution in [0, 0.1) is 11.8 Å². The van der Waals surface area contributed by atoms with E-state index >= 15 is 0 Å². The van der Waals surface area contributed by atoms with Crippen molar-refractivity contribution in [3.05, 3.63) is 142 Å². The summed E-state index contributed by atoms with van der Waals surface area (Å²) >= 11 is 0. The van der Waals surface area contributed by atoms with Crippen LogP contribution in [-0.2, 0) is 84.6 Å². The van der Waals surface area contributed by atoms with Gasteiger partial charge < -0.3 is 87.5 Å². The van der Waals surface area contributed by atoms with Gasteiger partial charge in [0.1, 0.15) is 0 Å². The molecule has 0 unspecified atom stereocenters. The number of carbonyl (C=O) groups excluding carboxylic acids is 9. The average Bonchev–Trinajstić information content (AvgIpc) is 0.875. The Bertz CT molecular complexity index is 3150. The summed E-state index contributed by atoms with van der Waals surface area (Å²) in [7, 11) is 0. The Morgan fingerprint density at radius 2 is 0.402 bits per heavy atom. The topological polar surface area (TPSA) is 344 Å².